The predicted molar refractivity (Wildman–Crippen MR) is 75.2 cm³/mol. The van der Waals surface area contributed by atoms with Crippen LogP contribution in [0.2, 0.25) is 0 Å². The van der Waals surface area contributed by atoms with Gasteiger partial charge in [0.2, 0.25) is 0 Å². The minimum absolute atomic E-state index is 0.364. The molecule has 0 radical (unpaired) electrons. The molecular weight excluding hydrogens is 240 g/mol. The number of unbranched alkanes of at least 4 members (excludes halogenated alkanes) is 7. The van der Waals surface area contributed by atoms with Gasteiger partial charge in [0, 0.05) is 0 Å². The summed E-state index contributed by atoms with van der Waals surface area (Å²) in [5.74, 6) is -0.678. The average Bonchev–Trinajstić information content (AvgIpc) is 2.74. The van der Waals surface area contributed by atoms with Gasteiger partial charge in [0.05, 0.1) is 13.6 Å². The van der Waals surface area contributed by atoms with Gasteiger partial charge in [-0.2, -0.15) is 0 Å². The van der Waals surface area contributed by atoms with Crippen molar-refractivity contribution in [3.05, 3.63) is 0 Å². The molecule has 0 atom stereocenters. The molecule has 110 valence electrons. The highest BCUT2D eigenvalue weighted by Crippen LogP contribution is 2.10. The fourth-order valence-corrected chi connectivity index (χ4v) is 2.66. The Kier molecular flexibility index (Phi) is 7.53. The van der Waals surface area contributed by atoms with Crippen molar-refractivity contribution < 1.29 is 14.5 Å². The molecule has 0 fully saturated rings. The molecule has 1 aliphatic rings. The summed E-state index contributed by atoms with van der Waals surface area (Å²) in [7, 11) is 1.82. The van der Waals surface area contributed by atoms with E-state index in [0.717, 1.165) is 26.1 Å². The van der Waals surface area contributed by atoms with Gasteiger partial charge < -0.3 is 9.90 Å². The monoisotopic (exact) mass is 268 g/mol. The number of likely N-dealkylation sites (N-methyl/N-ethyl adjacent to an activating group) is 1. The third-order valence-corrected chi connectivity index (χ3v) is 3.83. The highest BCUT2D eigenvalue weighted by Gasteiger charge is 2.28. The summed E-state index contributed by atoms with van der Waals surface area (Å²) in [4.78, 5) is 13.0. The molecule has 4 nitrogen and oxygen atoms in total. The molecule has 1 rings (SSSR count). The number of rotatable bonds is 10. The van der Waals surface area contributed by atoms with E-state index in [0.29, 0.717) is 5.84 Å². The van der Waals surface area contributed by atoms with Crippen LogP contribution in [0, 0.1) is 0 Å². The lowest BCUT2D eigenvalue weighted by molar-refractivity contribution is -0.488. The van der Waals surface area contributed by atoms with Gasteiger partial charge in [-0.1, -0.05) is 45.4 Å². The lowest BCUT2D eigenvalue weighted by atomic mass is 10.1. The van der Waals surface area contributed by atoms with Crippen LogP contribution < -0.4 is 5.11 Å². The smallest absolute Gasteiger partial charge is 0.295 e. The molecule has 4 heteroatoms. The average molecular weight is 268 g/mol. The van der Waals surface area contributed by atoms with E-state index < -0.39 is 5.97 Å². The lowest BCUT2D eigenvalue weighted by Crippen LogP contribution is -2.44. The highest BCUT2D eigenvalue weighted by atomic mass is 16.4. The Hall–Kier alpha value is -1.06. The van der Waals surface area contributed by atoms with Crippen LogP contribution in [0.15, 0.2) is 0 Å². The Morgan fingerprint density at radius 3 is 2.32 bits per heavy atom. The molecule has 0 saturated carbocycles. The fraction of sp³-hybridized carbons (Fsp3) is 0.867. The van der Waals surface area contributed by atoms with Gasteiger partial charge in [0.25, 0.3) is 5.84 Å². The maximum Gasteiger partial charge on any atom is 0.295 e. The van der Waals surface area contributed by atoms with E-state index in [-0.39, 0.29) is 0 Å². The molecule has 0 bridgehead atoms. The second-order valence-corrected chi connectivity index (χ2v) is 5.49. The van der Waals surface area contributed by atoms with Crippen molar-refractivity contribution in [1.29, 1.82) is 0 Å². The number of carboxylic acids is 1. The normalized spacial score (nSPS) is 15.4. The molecular formula is C15H28N2O2. The van der Waals surface area contributed by atoms with E-state index in [1.54, 1.807) is 4.58 Å². The number of nitrogens with zero attached hydrogens (tertiary/aromatic N) is 2. The molecule has 0 saturated heterocycles. The summed E-state index contributed by atoms with van der Waals surface area (Å²) in [5, 5.41) is 11.0. The molecule has 1 heterocycles. The van der Waals surface area contributed by atoms with Gasteiger partial charge in [-0.05, 0) is 12.8 Å². The van der Waals surface area contributed by atoms with E-state index >= 15 is 0 Å². The van der Waals surface area contributed by atoms with Crippen molar-refractivity contribution in [3.63, 3.8) is 0 Å². The molecule has 0 unspecified atom stereocenters. The van der Waals surface area contributed by atoms with E-state index in [4.69, 9.17) is 0 Å². The SMILES string of the molecule is CCCCCCCCCCN1CC[N+](C)=C1C(=O)[O-]. The van der Waals surface area contributed by atoms with Gasteiger partial charge in [-0.25, -0.2) is 0 Å². The number of amidine groups is 1. The van der Waals surface area contributed by atoms with Crippen LogP contribution in [-0.4, -0.2) is 48.0 Å². The summed E-state index contributed by atoms with van der Waals surface area (Å²) >= 11 is 0. The van der Waals surface area contributed by atoms with E-state index in [2.05, 4.69) is 6.92 Å². The second-order valence-electron chi connectivity index (χ2n) is 5.49. The maximum atomic E-state index is 11.0. The number of carbonyl (C=O) groups is 1. The Labute approximate surface area is 117 Å². The Balaban J connectivity index is 2.08. The number of hydrogen-bond donors (Lipinski definition) is 0. The molecule has 0 aliphatic carbocycles. The minimum atomic E-state index is -1.04. The standard InChI is InChI=1S/C15H28N2O2/c1-3-4-5-6-7-8-9-10-11-17-13-12-16(2)14(17)15(18)19/h3-13H2,1-2H3. The molecule has 1 aliphatic heterocycles. The summed E-state index contributed by atoms with van der Waals surface area (Å²) in [6, 6.07) is 0. The van der Waals surface area contributed by atoms with Gasteiger partial charge in [-0.3, -0.25) is 9.48 Å². The lowest BCUT2D eigenvalue weighted by Gasteiger charge is -2.13. The van der Waals surface area contributed by atoms with Crippen molar-refractivity contribution in [2.75, 3.05) is 26.7 Å². The van der Waals surface area contributed by atoms with Crippen LogP contribution in [0.3, 0.4) is 0 Å². The first-order chi connectivity index (χ1) is 9.16. The van der Waals surface area contributed by atoms with Gasteiger partial charge in [0.15, 0.2) is 5.97 Å². The van der Waals surface area contributed by atoms with E-state index in [9.17, 15) is 9.90 Å². The summed E-state index contributed by atoms with van der Waals surface area (Å²) in [5.41, 5.74) is 0. The molecule has 0 aromatic rings. The zero-order valence-electron chi connectivity index (χ0n) is 12.5. The van der Waals surface area contributed by atoms with Crippen molar-refractivity contribution in [1.82, 2.24) is 4.90 Å². The minimum Gasteiger partial charge on any atom is -0.538 e. The number of carboxylic acid groups (broad SMARTS) is 1. The zero-order valence-corrected chi connectivity index (χ0v) is 12.5. The molecule has 0 amide bonds. The quantitative estimate of drug-likeness (QED) is 0.442. The predicted octanol–water partition coefficient (Wildman–Crippen LogP) is 1.23. The topological polar surface area (TPSA) is 46.4 Å². The largest absolute Gasteiger partial charge is 0.538 e. The van der Waals surface area contributed by atoms with Crippen molar-refractivity contribution in [2.24, 2.45) is 0 Å². The number of aliphatic carboxylic acids is 1. The van der Waals surface area contributed by atoms with Crippen LogP contribution in [0.4, 0.5) is 0 Å². The second kappa shape index (κ2) is 8.94. The Bertz CT molecular complexity index is 313. The Morgan fingerprint density at radius 2 is 1.74 bits per heavy atom. The van der Waals surface area contributed by atoms with Crippen LogP contribution >= 0.6 is 0 Å². The number of carbonyl (C=O) groups excluding carboxylic acids is 1. The zero-order chi connectivity index (χ0) is 14.1. The third-order valence-electron chi connectivity index (χ3n) is 3.83. The maximum absolute atomic E-state index is 11.0. The first-order valence-corrected chi connectivity index (χ1v) is 7.71. The van der Waals surface area contributed by atoms with Gasteiger partial charge >= 0.3 is 0 Å². The van der Waals surface area contributed by atoms with Gasteiger partial charge in [-0.15, -0.1) is 0 Å². The van der Waals surface area contributed by atoms with E-state index in [1.807, 2.05) is 11.9 Å². The van der Waals surface area contributed by atoms with Gasteiger partial charge in [0.1, 0.15) is 13.1 Å². The van der Waals surface area contributed by atoms with Crippen molar-refractivity contribution in [2.45, 2.75) is 58.3 Å². The van der Waals surface area contributed by atoms with Crippen molar-refractivity contribution in [3.8, 4) is 0 Å². The molecule has 0 aromatic heterocycles. The summed E-state index contributed by atoms with van der Waals surface area (Å²) in [6.45, 7) is 4.69. The Morgan fingerprint density at radius 1 is 1.16 bits per heavy atom. The molecule has 19 heavy (non-hydrogen) atoms. The molecule has 0 spiro atoms. The van der Waals surface area contributed by atoms with Crippen molar-refractivity contribution >= 4 is 11.8 Å². The molecule has 0 aromatic carbocycles. The molecule has 0 N–H and O–H groups in total. The van der Waals surface area contributed by atoms with Crippen LogP contribution in [0.25, 0.3) is 0 Å². The van der Waals surface area contributed by atoms with Crippen LogP contribution in [0.5, 0.6) is 0 Å². The first-order valence-electron chi connectivity index (χ1n) is 7.71. The first kappa shape index (κ1) is 16.0. The summed E-state index contributed by atoms with van der Waals surface area (Å²) in [6.07, 6.45) is 10.2. The van der Waals surface area contributed by atoms with Crippen LogP contribution in [-0.2, 0) is 4.79 Å². The number of hydrogen-bond acceptors (Lipinski definition) is 3. The van der Waals surface area contributed by atoms with E-state index in [1.165, 1.54) is 44.9 Å². The summed E-state index contributed by atoms with van der Waals surface area (Å²) < 4.78 is 1.78. The third kappa shape index (κ3) is 5.62. The fourth-order valence-electron chi connectivity index (χ4n) is 2.66. The van der Waals surface area contributed by atoms with Crippen LogP contribution in [0.1, 0.15) is 58.3 Å². The highest BCUT2D eigenvalue weighted by molar-refractivity contribution is 6.31.